The maximum atomic E-state index is 12.8. The van der Waals surface area contributed by atoms with E-state index in [1.54, 1.807) is 55.9 Å². The first-order valence-corrected chi connectivity index (χ1v) is 10.0. The number of amides is 2. The van der Waals surface area contributed by atoms with Gasteiger partial charge in [0.1, 0.15) is 17.2 Å². The quantitative estimate of drug-likeness (QED) is 0.642. The second-order valence-electron chi connectivity index (χ2n) is 7.29. The summed E-state index contributed by atoms with van der Waals surface area (Å²) in [4.78, 5) is 27.3. The number of hydrogen-bond donors (Lipinski definition) is 1. The predicted octanol–water partition coefficient (Wildman–Crippen LogP) is 3.03. The molecule has 2 amide bonds. The zero-order valence-corrected chi connectivity index (χ0v) is 17.4. The number of carbonyl (C=O) groups excluding carboxylic acids is 1. The largest absolute Gasteiger partial charge is 0.497 e. The maximum absolute atomic E-state index is 12.8. The molecular formula is C21H24N6O4. The molecule has 1 aliphatic heterocycles. The van der Waals surface area contributed by atoms with Crippen LogP contribution in [0.3, 0.4) is 0 Å². The third-order valence-corrected chi connectivity index (χ3v) is 5.13. The molecule has 0 radical (unpaired) electrons. The number of piperidine rings is 1. The molecule has 0 bridgehead atoms. The van der Waals surface area contributed by atoms with Crippen LogP contribution in [-0.2, 0) is 6.42 Å². The number of rotatable bonds is 6. The summed E-state index contributed by atoms with van der Waals surface area (Å²) < 4.78 is 15.9. The first-order valence-electron chi connectivity index (χ1n) is 10.0. The lowest BCUT2D eigenvalue weighted by molar-refractivity contribution is 0.173. The summed E-state index contributed by atoms with van der Waals surface area (Å²) in [5, 5.41) is 6.92. The summed E-state index contributed by atoms with van der Waals surface area (Å²) in [5.74, 6) is 2.41. The number of urea groups is 1. The summed E-state index contributed by atoms with van der Waals surface area (Å²) in [6.45, 7) is 1.30. The Morgan fingerprint density at radius 2 is 2.03 bits per heavy atom. The molecule has 3 heterocycles. The number of benzene rings is 1. The Morgan fingerprint density at radius 3 is 2.74 bits per heavy atom. The van der Waals surface area contributed by atoms with Crippen molar-refractivity contribution in [2.45, 2.75) is 19.3 Å². The Hall–Kier alpha value is -3.69. The Kier molecular flexibility index (Phi) is 6.25. The number of anilines is 1. The molecule has 10 nitrogen and oxygen atoms in total. The van der Waals surface area contributed by atoms with Crippen molar-refractivity contribution in [3.63, 3.8) is 0 Å². The van der Waals surface area contributed by atoms with Crippen LogP contribution in [0, 0.1) is 5.92 Å². The van der Waals surface area contributed by atoms with Gasteiger partial charge in [-0.25, -0.2) is 9.78 Å². The lowest BCUT2D eigenvalue weighted by Crippen LogP contribution is -2.42. The van der Waals surface area contributed by atoms with E-state index >= 15 is 0 Å². The Bertz CT molecular complexity index is 1000. The second-order valence-corrected chi connectivity index (χ2v) is 7.29. The van der Waals surface area contributed by atoms with E-state index in [1.807, 2.05) is 0 Å². The molecular weight excluding hydrogens is 400 g/mol. The van der Waals surface area contributed by atoms with Crippen LogP contribution in [0.25, 0.3) is 11.5 Å². The Labute approximate surface area is 179 Å². The van der Waals surface area contributed by atoms with Gasteiger partial charge in [-0.1, -0.05) is 5.16 Å². The number of ether oxygens (including phenoxy) is 2. The third kappa shape index (κ3) is 5.08. The molecule has 0 aliphatic carbocycles. The van der Waals surface area contributed by atoms with E-state index in [-0.39, 0.29) is 11.9 Å². The minimum Gasteiger partial charge on any atom is -0.497 e. The first kappa shape index (κ1) is 20.6. The molecule has 0 saturated carbocycles. The van der Waals surface area contributed by atoms with E-state index < -0.39 is 0 Å². The zero-order chi connectivity index (χ0) is 21.6. The van der Waals surface area contributed by atoms with Crippen LogP contribution in [0.2, 0.25) is 0 Å². The second kappa shape index (κ2) is 9.41. The summed E-state index contributed by atoms with van der Waals surface area (Å²) in [5.41, 5.74) is 1.18. The molecule has 3 aromatic rings. The number of nitrogens with one attached hydrogen (secondary N) is 1. The van der Waals surface area contributed by atoms with Gasteiger partial charge in [0.15, 0.2) is 0 Å². The monoisotopic (exact) mass is 424 g/mol. The van der Waals surface area contributed by atoms with Crippen molar-refractivity contribution in [2.75, 3.05) is 32.6 Å². The van der Waals surface area contributed by atoms with Gasteiger partial charge in [-0.05, 0) is 18.8 Å². The van der Waals surface area contributed by atoms with Crippen molar-refractivity contribution in [3.05, 3.63) is 42.7 Å². The van der Waals surface area contributed by atoms with Crippen LogP contribution in [-0.4, -0.2) is 58.3 Å². The van der Waals surface area contributed by atoms with Crippen LogP contribution in [0.5, 0.6) is 11.5 Å². The molecule has 1 N–H and O–H groups in total. The van der Waals surface area contributed by atoms with Gasteiger partial charge in [-0.3, -0.25) is 4.98 Å². The van der Waals surface area contributed by atoms with Gasteiger partial charge < -0.3 is 24.2 Å². The molecule has 1 saturated heterocycles. The Balaban J connectivity index is 1.37. The predicted molar refractivity (Wildman–Crippen MR) is 112 cm³/mol. The average molecular weight is 424 g/mol. The number of aromatic nitrogens is 4. The molecule has 1 aliphatic rings. The molecule has 1 unspecified atom stereocenters. The van der Waals surface area contributed by atoms with Crippen molar-refractivity contribution in [1.82, 2.24) is 25.0 Å². The van der Waals surface area contributed by atoms with Gasteiger partial charge in [0.05, 0.1) is 20.4 Å². The molecule has 2 aromatic heterocycles. The van der Waals surface area contributed by atoms with Crippen LogP contribution < -0.4 is 14.8 Å². The van der Waals surface area contributed by atoms with Crippen LogP contribution in [0.15, 0.2) is 41.3 Å². The van der Waals surface area contributed by atoms with Crippen LogP contribution in [0.4, 0.5) is 10.5 Å². The summed E-state index contributed by atoms with van der Waals surface area (Å²) in [7, 11) is 3.14. The fourth-order valence-electron chi connectivity index (χ4n) is 3.60. The molecule has 1 atom stereocenters. The van der Waals surface area contributed by atoms with Gasteiger partial charge in [0, 0.05) is 55.8 Å². The van der Waals surface area contributed by atoms with E-state index in [2.05, 4.69) is 25.4 Å². The van der Waals surface area contributed by atoms with Crippen molar-refractivity contribution >= 4 is 11.7 Å². The van der Waals surface area contributed by atoms with Gasteiger partial charge in [0.25, 0.3) is 0 Å². The first-order chi connectivity index (χ1) is 15.1. The summed E-state index contributed by atoms with van der Waals surface area (Å²) >= 11 is 0. The number of nitrogens with zero attached hydrogens (tertiary/aromatic N) is 5. The van der Waals surface area contributed by atoms with Gasteiger partial charge in [-0.2, -0.15) is 4.98 Å². The number of likely N-dealkylation sites (tertiary alicyclic amines) is 1. The van der Waals surface area contributed by atoms with E-state index in [0.717, 1.165) is 12.8 Å². The number of hydrogen-bond acceptors (Lipinski definition) is 8. The van der Waals surface area contributed by atoms with Crippen molar-refractivity contribution in [2.24, 2.45) is 5.92 Å². The minimum atomic E-state index is -0.161. The highest BCUT2D eigenvalue weighted by Crippen LogP contribution is 2.27. The SMILES string of the molecule is COc1cc(NC(=O)N2CCCC(Cc3nc(-c4cnccn4)no3)C2)cc(OC)c1. The van der Waals surface area contributed by atoms with Gasteiger partial charge >= 0.3 is 6.03 Å². The fourth-order valence-corrected chi connectivity index (χ4v) is 3.60. The number of methoxy groups -OCH3 is 2. The van der Waals surface area contributed by atoms with Crippen molar-refractivity contribution in [3.8, 4) is 23.0 Å². The number of carbonyl (C=O) groups is 1. The third-order valence-electron chi connectivity index (χ3n) is 5.13. The average Bonchev–Trinajstić information content (AvgIpc) is 3.28. The lowest BCUT2D eigenvalue weighted by Gasteiger charge is -2.32. The van der Waals surface area contributed by atoms with Gasteiger partial charge in [-0.15, -0.1) is 0 Å². The lowest BCUT2D eigenvalue weighted by atomic mass is 9.95. The van der Waals surface area contributed by atoms with E-state index in [1.165, 1.54) is 0 Å². The van der Waals surface area contributed by atoms with E-state index in [9.17, 15) is 4.79 Å². The standard InChI is InChI=1S/C21H24N6O4/c1-29-16-9-15(10-17(11-16)30-2)24-21(28)27-7-3-4-14(13-27)8-19-25-20(26-31-19)18-12-22-5-6-23-18/h5-6,9-12,14H,3-4,7-8,13H2,1-2H3,(H,24,28). The molecule has 1 aromatic carbocycles. The molecule has 4 rings (SSSR count). The topological polar surface area (TPSA) is 116 Å². The maximum Gasteiger partial charge on any atom is 0.321 e. The molecule has 10 heteroatoms. The highest BCUT2D eigenvalue weighted by Gasteiger charge is 2.26. The smallest absolute Gasteiger partial charge is 0.321 e. The minimum absolute atomic E-state index is 0.161. The molecule has 162 valence electrons. The van der Waals surface area contributed by atoms with Crippen molar-refractivity contribution < 1.29 is 18.8 Å². The highest BCUT2D eigenvalue weighted by molar-refractivity contribution is 5.90. The normalized spacial score (nSPS) is 16.1. The van der Waals surface area contributed by atoms with Gasteiger partial charge in [0.2, 0.25) is 11.7 Å². The van der Waals surface area contributed by atoms with Crippen LogP contribution in [0.1, 0.15) is 18.7 Å². The molecule has 31 heavy (non-hydrogen) atoms. The summed E-state index contributed by atoms with van der Waals surface area (Å²) in [6.07, 6.45) is 7.26. The molecule has 1 fully saturated rings. The fraction of sp³-hybridized carbons (Fsp3) is 0.381. The highest BCUT2D eigenvalue weighted by atomic mass is 16.5. The van der Waals surface area contributed by atoms with Crippen LogP contribution >= 0.6 is 0 Å². The summed E-state index contributed by atoms with van der Waals surface area (Å²) in [6, 6.07) is 5.11. The zero-order valence-electron chi connectivity index (χ0n) is 17.4. The van der Waals surface area contributed by atoms with E-state index in [4.69, 9.17) is 14.0 Å². The Morgan fingerprint density at radius 1 is 1.23 bits per heavy atom. The van der Waals surface area contributed by atoms with E-state index in [0.29, 0.717) is 54.1 Å². The van der Waals surface area contributed by atoms with Crippen molar-refractivity contribution in [1.29, 1.82) is 0 Å². The molecule has 0 spiro atoms.